The van der Waals surface area contributed by atoms with Crippen molar-refractivity contribution in [3.05, 3.63) is 217 Å². The zero-order chi connectivity index (χ0) is 45.4. The van der Waals surface area contributed by atoms with Gasteiger partial charge in [0.25, 0.3) is 0 Å². The monoisotopic (exact) mass is 813 g/mol. The summed E-state index contributed by atoms with van der Waals surface area (Å²) in [6.07, 6.45) is 2.14. The standard InChI is InChI=1S/C59H43N3O/c1-37(2)47-35-49(42-20-11-6-12-21-42)54(36-48(47)41-18-9-5-10-19-41)61-52-24-15-23-45-50-32-44(39-16-7-4-8-17-39)33-51-53-34-43(40-28-26-38(3)27-29-40)30-31-60(53)59(56(50)51)62(57(45)52)58(61)46-22-13-14-25-55(46)63-59/h4-37H,1-3H3/q+2/i3D3,37D. The van der Waals surface area contributed by atoms with Crippen molar-refractivity contribution < 1.29 is 19.4 Å². The van der Waals surface area contributed by atoms with Gasteiger partial charge in [0.05, 0.1) is 5.56 Å². The summed E-state index contributed by atoms with van der Waals surface area (Å²) in [6.45, 7) is 1.76. The van der Waals surface area contributed by atoms with Crippen LogP contribution in [0.4, 0.5) is 0 Å². The minimum Gasteiger partial charge on any atom is -0.392 e. The molecule has 5 heterocycles. The number of aryl methyl sites for hydroxylation is 1. The molecule has 4 heteroatoms. The lowest BCUT2D eigenvalue weighted by atomic mass is 9.85. The predicted octanol–water partition coefficient (Wildman–Crippen LogP) is 13.5. The van der Waals surface area contributed by atoms with Crippen LogP contribution in [0.3, 0.4) is 0 Å². The Bertz CT molecular complexity index is 3670. The largest absolute Gasteiger partial charge is 0.499 e. The molecule has 0 amide bonds. The van der Waals surface area contributed by atoms with E-state index in [9.17, 15) is 1.37 Å². The molecule has 0 radical (unpaired) electrons. The second-order valence-electron chi connectivity index (χ2n) is 17.1. The van der Waals surface area contributed by atoms with Gasteiger partial charge >= 0.3 is 11.7 Å². The summed E-state index contributed by atoms with van der Waals surface area (Å²) in [5, 5.41) is 0. The number of fused-ring (bicyclic) bond motifs is 5. The minimum absolute atomic E-state index is 0.313. The van der Waals surface area contributed by atoms with E-state index < -0.39 is 18.6 Å². The van der Waals surface area contributed by atoms with Crippen LogP contribution in [0.1, 0.15) is 41.9 Å². The number of para-hydroxylation sites is 2. The first-order valence-corrected chi connectivity index (χ1v) is 21.6. The first-order valence-electron chi connectivity index (χ1n) is 23.6. The maximum atomic E-state index is 9.54. The third-order valence-corrected chi connectivity index (χ3v) is 13.3. The van der Waals surface area contributed by atoms with Crippen LogP contribution in [-0.2, 0) is 5.85 Å². The first-order chi connectivity index (χ1) is 32.5. The number of pyridine rings is 1. The normalized spacial score (nSPS) is 16.2. The second-order valence-corrected chi connectivity index (χ2v) is 17.1. The molecule has 0 saturated carbocycles. The Morgan fingerprint density at radius 1 is 0.540 bits per heavy atom. The Balaban J connectivity index is 1.18. The van der Waals surface area contributed by atoms with Gasteiger partial charge < -0.3 is 4.74 Å². The quantitative estimate of drug-likeness (QED) is 0.153. The first kappa shape index (κ1) is 32.0. The highest BCUT2D eigenvalue weighted by Gasteiger charge is 2.68. The van der Waals surface area contributed by atoms with Crippen LogP contribution in [0, 0.1) is 6.85 Å². The van der Waals surface area contributed by atoms with Crippen molar-refractivity contribution in [1.82, 2.24) is 4.57 Å². The molecule has 0 N–H and O–H groups in total. The van der Waals surface area contributed by atoms with Crippen molar-refractivity contribution in [3.8, 4) is 89.7 Å². The fourth-order valence-electron chi connectivity index (χ4n) is 10.6. The summed E-state index contributed by atoms with van der Waals surface area (Å²) < 4.78 is 48.4. The van der Waals surface area contributed by atoms with Gasteiger partial charge in [0.2, 0.25) is 5.69 Å². The highest BCUT2D eigenvalue weighted by molar-refractivity contribution is 6.00. The number of rotatable bonds is 6. The van der Waals surface area contributed by atoms with Crippen LogP contribution < -0.4 is 13.9 Å². The molecule has 3 aliphatic rings. The van der Waals surface area contributed by atoms with E-state index in [0.717, 1.165) is 112 Å². The SMILES string of the molecule is [2H]C([2H])([2H])c1ccc(-c2cc[n+]3c(c2)-c2cc(-c4ccccc4)cc4c2C32Oc3ccccc3-c3n(-c5cc(-c6ccccc6)c(C([2H])(C)C)cc5-c5ccccc5)c5cccc-4c5[n+]32)cc1. The zero-order valence-electron chi connectivity index (χ0n) is 38.8. The van der Waals surface area contributed by atoms with Crippen LogP contribution in [0.15, 0.2) is 200 Å². The van der Waals surface area contributed by atoms with E-state index in [1.165, 1.54) is 0 Å². The Kier molecular flexibility index (Phi) is 6.77. The Labute approximate surface area is 372 Å². The summed E-state index contributed by atoms with van der Waals surface area (Å²) in [5.74, 6) is -0.349. The molecule has 8 aromatic carbocycles. The average molecular weight is 814 g/mol. The van der Waals surface area contributed by atoms with Gasteiger partial charge in [0.15, 0.2) is 17.2 Å². The molecule has 13 rings (SSSR count). The molecule has 298 valence electrons. The Morgan fingerprint density at radius 2 is 1.19 bits per heavy atom. The van der Waals surface area contributed by atoms with Crippen molar-refractivity contribution >= 4 is 11.0 Å². The molecular formula is C59H43N3O+2. The van der Waals surface area contributed by atoms with Gasteiger partial charge in [0, 0.05) is 34.3 Å². The number of hydrogen-bond acceptors (Lipinski definition) is 1. The molecule has 4 nitrogen and oxygen atoms in total. The smallest absolute Gasteiger partial charge is 0.392 e. The molecule has 0 saturated heterocycles. The molecule has 63 heavy (non-hydrogen) atoms. The van der Waals surface area contributed by atoms with Crippen LogP contribution >= 0.6 is 0 Å². The molecule has 1 atom stereocenters. The molecule has 0 bridgehead atoms. The lowest BCUT2D eigenvalue weighted by Gasteiger charge is -2.32. The van der Waals surface area contributed by atoms with Crippen LogP contribution in [0.2, 0.25) is 0 Å². The maximum absolute atomic E-state index is 9.54. The van der Waals surface area contributed by atoms with Crippen molar-refractivity contribution in [2.75, 3.05) is 0 Å². The van der Waals surface area contributed by atoms with E-state index in [2.05, 4.69) is 178 Å². The van der Waals surface area contributed by atoms with Gasteiger partial charge in [-0.3, -0.25) is 0 Å². The van der Waals surface area contributed by atoms with Crippen LogP contribution in [-0.4, -0.2) is 4.57 Å². The maximum Gasteiger partial charge on any atom is 0.499 e. The third kappa shape index (κ3) is 5.03. The fraction of sp³-hybridized carbons (Fsp3) is 0.0847. The summed E-state index contributed by atoms with van der Waals surface area (Å²) in [5.41, 5.74) is 18.8. The van der Waals surface area contributed by atoms with E-state index in [-0.39, 0.29) is 0 Å². The van der Waals surface area contributed by atoms with Crippen molar-refractivity contribution in [2.45, 2.75) is 32.4 Å². The minimum atomic E-state index is -2.19. The van der Waals surface area contributed by atoms with E-state index in [1.807, 2.05) is 38.1 Å². The lowest BCUT2D eigenvalue weighted by molar-refractivity contribution is -0.997. The van der Waals surface area contributed by atoms with Crippen molar-refractivity contribution in [3.63, 3.8) is 0 Å². The molecule has 10 aromatic rings. The summed E-state index contributed by atoms with van der Waals surface area (Å²) in [6, 6.07) is 67.4. The van der Waals surface area contributed by atoms with E-state index in [4.69, 9.17) is 8.85 Å². The third-order valence-electron chi connectivity index (χ3n) is 13.3. The molecule has 2 aromatic heterocycles. The van der Waals surface area contributed by atoms with Gasteiger partial charge in [-0.15, -0.1) is 9.13 Å². The van der Waals surface area contributed by atoms with Gasteiger partial charge in [-0.1, -0.05) is 153 Å². The number of ether oxygens (including phenoxy) is 1. The van der Waals surface area contributed by atoms with Crippen molar-refractivity contribution in [2.24, 2.45) is 0 Å². The molecule has 3 aliphatic heterocycles. The van der Waals surface area contributed by atoms with E-state index in [0.29, 0.717) is 5.56 Å². The molecular weight excluding hydrogens is 767 g/mol. The lowest BCUT2D eigenvalue weighted by Crippen LogP contribution is -2.78. The summed E-state index contributed by atoms with van der Waals surface area (Å²) >= 11 is 0. The van der Waals surface area contributed by atoms with Gasteiger partial charge in [-0.2, -0.15) is 4.57 Å². The second kappa shape index (κ2) is 13.3. The highest BCUT2D eigenvalue weighted by atomic mass is 16.5. The van der Waals surface area contributed by atoms with Gasteiger partial charge in [-0.25, -0.2) is 0 Å². The molecule has 1 unspecified atom stereocenters. The fourth-order valence-corrected chi connectivity index (χ4v) is 10.6. The van der Waals surface area contributed by atoms with Gasteiger partial charge in [0.1, 0.15) is 22.6 Å². The Hall–Kier alpha value is -7.82. The average Bonchev–Trinajstić information content (AvgIpc) is 3.85. The number of benzene rings is 8. The number of imidazole rings is 1. The molecule has 0 aliphatic carbocycles. The number of aromatic nitrogens is 3. The van der Waals surface area contributed by atoms with Crippen LogP contribution in [0.5, 0.6) is 5.75 Å². The number of nitrogens with zero attached hydrogens (tertiary/aromatic N) is 3. The zero-order valence-corrected chi connectivity index (χ0v) is 34.8. The summed E-state index contributed by atoms with van der Waals surface area (Å²) in [7, 11) is 0. The van der Waals surface area contributed by atoms with Crippen molar-refractivity contribution in [1.29, 1.82) is 0 Å². The van der Waals surface area contributed by atoms with E-state index in [1.54, 1.807) is 12.1 Å². The number of hydrogen-bond donors (Lipinski definition) is 0. The molecule has 1 spiro atoms. The Morgan fingerprint density at radius 3 is 1.92 bits per heavy atom. The summed E-state index contributed by atoms with van der Waals surface area (Å²) in [4.78, 5) is 0. The van der Waals surface area contributed by atoms with Gasteiger partial charge in [-0.05, 0) is 106 Å². The topological polar surface area (TPSA) is 21.9 Å². The highest BCUT2D eigenvalue weighted by Crippen LogP contribution is 2.55. The predicted molar refractivity (Wildman–Crippen MR) is 254 cm³/mol. The van der Waals surface area contributed by atoms with Crippen LogP contribution in [0.25, 0.3) is 95.0 Å². The van der Waals surface area contributed by atoms with E-state index >= 15 is 0 Å². The molecule has 0 fully saturated rings.